The Labute approximate surface area is 154 Å². The standard InChI is InChI=1S/C20H27NO5/c1-5-25-19(23)16-9-11-21(12-10-16)18(22)15(4)26-20(24)17-8-6-7-13(2)14(17)3/h6-8,15-16H,5,9-12H2,1-4H3. The van der Waals surface area contributed by atoms with Crippen LogP contribution in [0.3, 0.4) is 0 Å². The molecule has 6 heteroatoms. The molecule has 1 aromatic carbocycles. The molecule has 1 aliphatic heterocycles. The van der Waals surface area contributed by atoms with E-state index in [0.717, 1.165) is 11.1 Å². The van der Waals surface area contributed by atoms with E-state index in [4.69, 9.17) is 9.47 Å². The number of piperidine rings is 1. The van der Waals surface area contributed by atoms with Gasteiger partial charge in [-0.2, -0.15) is 0 Å². The van der Waals surface area contributed by atoms with Gasteiger partial charge in [-0.1, -0.05) is 12.1 Å². The maximum atomic E-state index is 12.6. The Balaban J connectivity index is 1.91. The molecular weight excluding hydrogens is 334 g/mol. The van der Waals surface area contributed by atoms with E-state index in [1.807, 2.05) is 19.9 Å². The summed E-state index contributed by atoms with van der Waals surface area (Å²) in [6.45, 7) is 8.45. The van der Waals surface area contributed by atoms with Crippen molar-refractivity contribution in [1.29, 1.82) is 0 Å². The summed E-state index contributed by atoms with van der Waals surface area (Å²) >= 11 is 0. The molecule has 0 aliphatic carbocycles. The van der Waals surface area contributed by atoms with E-state index in [0.29, 0.717) is 38.1 Å². The van der Waals surface area contributed by atoms with Gasteiger partial charge in [0.1, 0.15) is 0 Å². The first-order chi connectivity index (χ1) is 12.3. The predicted molar refractivity (Wildman–Crippen MR) is 96.7 cm³/mol. The number of rotatable bonds is 5. The summed E-state index contributed by atoms with van der Waals surface area (Å²) in [7, 11) is 0. The van der Waals surface area contributed by atoms with Crippen molar-refractivity contribution in [2.75, 3.05) is 19.7 Å². The number of nitrogens with zero attached hydrogens (tertiary/aromatic N) is 1. The topological polar surface area (TPSA) is 72.9 Å². The van der Waals surface area contributed by atoms with Crippen LogP contribution in [0.1, 0.15) is 48.2 Å². The van der Waals surface area contributed by atoms with E-state index >= 15 is 0 Å². The van der Waals surface area contributed by atoms with E-state index in [9.17, 15) is 14.4 Å². The summed E-state index contributed by atoms with van der Waals surface area (Å²) < 4.78 is 10.4. The van der Waals surface area contributed by atoms with Crippen molar-refractivity contribution in [3.63, 3.8) is 0 Å². The molecule has 1 aliphatic rings. The third-order valence-corrected chi connectivity index (χ3v) is 4.88. The van der Waals surface area contributed by atoms with Crippen LogP contribution in [0.15, 0.2) is 18.2 Å². The van der Waals surface area contributed by atoms with Crippen molar-refractivity contribution in [2.24, 2.45) is 5.92 Å². The first-order valence-corrected chi connectivity index (χ1v) is 9.07. The Bertz CT molecular complexity index is 677. The largest absolute Gasteiger partial charge is 0.466 e. The zero-order valence-electron chi connectivity index (χ0n) is 15.9. The van der Waals surface area contributed by atoms with Crippen molar-refractivity contribution >= 4 is 17.8 Å². The Morgan fingerprint density at radius 1 is 1.19 bits per heavy atom. The first-order valence-electron chi connectivity index (χ1n) is 9.07. The normalized spacial score (nSPS) is 16.1. The summed E-state index contributed by atoms with van der Waals surface area (Å²) in [6.07, 6.45) is 0.284. The zero-order chi connectivity index (χ0) is 19.3. The number of carbonyl (C=O) groups is 3. The third-order valence-electron chi connectivity index (χ3n) is 4.88. The molecule has 1 amide bonds. The van der Waals surface area contributed by atoms with Crippen molar-refractivity contribution in [3.8, 4) is 0 Å². The molecule has 1 unspecified atom stereocenters. The van der Waals surface area contributed by atoms with Gasteiger partial charge < -0.3 is 14.4 Å². The van der Waals surface area contributed by atoms with Crippen LogP contribution in [0.5, 0.6) is 0 Å². The summed E-state index contributed by atoms with van der Waals surface area (Å²) in [5.41, 5.74) is 2.33. The van der Waals surface area contributed by atoms with E-state index < -0.39 is 12.1 Å². The van der Waals surface area contributed by atoms with Crippen molar-refractivity contribution in [3.05, 3.63) is 34.9 Å². The SMILES string of the molecule is CCOC(=O)C1CCN(C(=O)C(C)OC(=O)c2cccc(C)c2C)CC1. The number of esters is 2. The monoisotopic (exact) mass is 361 g/mol. The molecule has 1 heterocycles. The zero-order valence-corrected chi connectivity index (χ0v) is 15.9. The summed E-state index contributed by atoms with van der Waals surface area (Å²) in [5.74, 6) is -1.08. The molecule has 1 aromatic rings. The number of carbonyl (C=O) groups excluding carboxylic acids is 3. The summed E-state index contributed by atoms with van der Waals surface area (Å²) in [4.78, 5) is 38.4. The maximum Gasteiger partial charge on any atom is 0.339 e. The van der Waals surface area contributed by atoms with Crippen LogP contribution < -0.4 is 0 Å². The van der Waals surface area contributed by atoms with E-state index in [2.05, 4.69) is 0 Å². The van der Waals surface area contributed by atoms with Crippen molar-refractivity contribution in [1.82, 2.24) is 4.90 Å². The smallest absolute Gasteiger partial charge is 0.339 e. The van der Waals surface area contributed by atoms with Crippen LogP contribution in [0, 0.1) is 19.8 Å². The highest BCUT2D eigenvalue weighted by Crippen LogP contribution is 2.20. The fraction of sp³-hybridized carbons (Fsp3) is 0.550. The number of amides is 1. The Kier molecular flexibility index (Phi) is 6.77. The lowest BCUT2D eigenvalue weighted by molar-refractivity contribution is -0.152. The second-order valence-electron chi connectivity index (χ2n) is 6.65. The van der Waals surface area contributed by atoms with Gasteiger partial charge in [-0.15, -0.1) is 0 Å². The predicted octanol–water partition coefficient (Wildman–Crippen LogP) is 2.65. The average Bonchev–Trinajstić information content (AvgIpc) is 2.63. The number of hydrogen-bond acceptors (Lipinski definition) is 5. The second kappa shape index (κ2) is 8.83. The molecule has 0 saturated carbocycles. The molecule has 0 spiro atoms. The van der Waals surface area contributed by atoms with Gasteiger partial charge in [0.15, 0.2) is 6.10 Å². The lowest BCUT2D eigenvalue weighted by atomic mass is 9.96. The molecular formula is C20H27NO5. The van der Waals surface area contributed by atoms with Crippen LogP contribution >= 0.6 is 0 Å². The molecule has 26 heavy (non-hydrogen) atoms. The molecule has 2 rings (SSSR count). The van der Waals surface area contributed by atoms with Crippen molar-refractivity contribution < 1.29 is 23.9 Å². The van der Waals surface area contributed by atoms with Gasteiger partial charge in [-0.25, -0.2) is 4.79 Å². The van der Waals surface area contributed by atoms with Gasteiger partial charge in [0.05, 0.1) is 18.1 Å². The number of benzene rings is 1. The van der Waals surface area contributed by atoms with Crippen LogP contribution in [0.25, 0.3) is 0 Å². The van der Waals surface area contributed by atoms with Gasteiger partial charge in [-0.3, -0.25) is 9.59 Å². The van der Waals surface area contributed by atoms with Crippen molar-refractivity contribution in [2.45, 2.75) is 46.6 Å². The molecule has 1 atom stereocenters. The second-order valence-corrected chi connectivity index (χ2v) is 6.65. The molecule has 6 nitrogen and oxygen atoms in total. The van der Waals surface area contributed by atoms with Crippen LogP contribution in [-0.4, -0.2) is 48.5 Å². The van der Waals surface area contributed by atoms with Gasteiger partial charge in [0, 0.05) is 13.1 Å². The number of hydrogen-bond donors (Lipinski definition) is 0. The van der Waals surface area contributed by atoms with Gasteiger partial charge in [0.2, 0.25) is 0 Å². The third kappa shape index (κ3) is 4.62. The Hall–Kier alpha value is -2.37. The average molecular weight is 361 g/mol. The summed E-state index contributed by atoms with van der Waals surface area (Å²) in [5, 5.41) is 0. The van der Waals surface area contributed by atoms with Crippen LogP contribution in [-0.2, 0) is 19.1 Å². The molecule has 0 aromatic heterocycles. The van der Waals surface area contributed by atoms with Crippen LogP contribution in [0.2, 0.25) is 0 Å². The number of likely N-dealkylation sites (tertiary alicyclic amines) is 1. The minimum Gasteiger partial charge on any atom is -0.466 e. The van der Waals surface area contributed by atoms with E-state index in [-0.39, 0.29) is 17.8 Å². The van der Waals surface area contributed by atoms with Gasteiger partial charge in [0.25, 0.3) is 5.91 Å². The lowest BCUT2D eigenvalue weighted by Crippen LogP contribution is -2.45. The number of aryl methyl sites for hydroxylation is 1. The highest BCUT2D eigenvalue weighted by atomic mass is 16.5. The quantitative estimate of drug-likeness (QED) is 0.754. The minimum atomic E-state index is -0.860. The fourth-order valence-corrected chi connectivity index (χ4v) is 3.10. The van der Waals surface area contributed by atoms with E-state index in [1.54, 1.807) is 30.9 Å². The fourth-order valence-electron chi connectivity index (χ4n) is 3.10. The molecule has 0 N–H and O–H groups in total. The van der Waals surface area contributed by atoms with E-state index in [1.165, 1.54) is 0 Å². The van der Waals surface area contributed by atoms with Gasteiger partial charge in [-0.05, 0) is 57.7 Å². The highest BCUT2D eigenvalue weighted by Gasteiger charge is 2.31. The lowest BCUT2D eigenvalue weighted by Gasteiger charge is -2.32. The highest BCUT2D eigenvalue weighted by molar-refractivity contribution is 5.93. The maximum absolute atomic E-state index is 12.6. The molecule has 142 valence electrons. The molecule has 0 radical (unpaired) electrons. The molecule has 1 fully saturated rings. The minimum absolute atomic E-state index is 0.160. The Morgan fingerprint density at radius 2 is 1.85 bits per heavy atom. The Morgan fingerprint density at radius 3 is 2.46 bits per heavy atom. The van der Waals surface area contributed by atoms with Crippen LogP contribution in [0.4, 0.5) is 0 Å². The van der Waals surface area contributed by atoms with Gasteiger partial charge >= 0.3 is 11.9 Å². The summed E-state index contributed by atoms with van der Waals surface area (Å²) in [6, 6.07) is 5.42. The molecule has 0 bridgehead atoms. The molecule has 1 saturated heterocycles. The number of ether oxygens (including phenoxy) is 2. The first kappa shape index (κ1) is 19.9.